The zero-order valence-electron chi connectivity index (χ0n) is 11.2. The number of aliphatic hydroxyl groups excluding tert-OH is 2. The molecular formula is C16H22O3. The Morgan fingerprint density at radius 1 is 1.16 bits per heavy atom. The van der Waals surface area contributed by atoms with Gasteiger partial charge in [0.1, 0.15) is 11.9 Å². The van der Waals surface area contributed by atoms with Crippen molar-refractivity contribution in [3.8, 4) is 11.8 Å². The van der Waals surface area contributed by atoms with Crippen LogP contribution in [0.2, 0.25) is 0 Å². The van der Waals surface area contributed by atoms with Gasteiger partial charge in [-0.15, -0.1) is 0 Å². The average molecular weight is 262 g/mol. The molecule has 3 fully saturated rings. The lowest BCUT2D eigenvalue weighted by Gasteiger charge is -2.44. The van der Waals surface area contributed by atoms with E-state index in [2.05, 4.69) is 11.8 Å². The Kier molecular flexibility index (Phi) is 3.64. The summed E-state index contributed by atoms with van der Waals surface area (Å²) in [5, 5.41) is 20.1. The van der Waals surface area contributed by atoms with Crippen molar-refractivity contribution >= 4 is 5.78 Å². The number of fused-ring (bicyclic) bond motifs is 1. The number of ketones is 1. The molecule has 2 N–H and O–H groups in total. The summed E-state index contributed by atoms with van der Waals surface area (Å²) in [5.41, 5.74) is 0. The first-order valence-electron chi connectivity index (χ1n) is 7.56. The van der Waals surface area contributed by atoms with Crippen molar-refractivity contribution in [2.45, 2.75) is 57.2 Å². The highest BCUT2D eigenvalue weighted by Crippen LogP contribution is 2.45. The first-order valence-corrected chi connectivity index (χ1v) is 7.56. The number of carbonyl (C=O) groups is 1. The molecule has 0 amide bonds. The normalized spacial score (nSPS) is 40.0. The van der Waals surface area contributed by atoms with Crippen LogP contribution in [-0.4, -0.2) is 28.2 Å². The fourth-order valence-corrected chi connectivity index (χ4v) is 3.95. The van der Waals surface area contributed by atoms with Crippen molar-refractivity contribution < 1.29 is 15.0 Å². The molecule has 0 aromatic heterocycles. The summed E-state index contributed by atoms with van der Waals surface area (Å²) in [4.78, 5) is 11.5. The molecule has 19 heavy (non-hydrogen) atoms. The number of carbonyl (C=O) groups excluding carboxylic acids is 1. The lowest BCUT2D eigenvalue weighted by atomic mass is 9.59. The topological polar surface area (TPSA) is 57.5 Å². The van der Waals surface area contributed by atoms with E-state index in [9.17, 15) is 15.0 Å². The average Bonchev–Trinajstić information content (AvgIpc) is 2.90. The van der Waals surface area contributed by atoms with E-state index in [0.29, 0.717) is 24.5 Å². The number of Topliss-reactive ketones (excluding diaryl/α,β-unsaturated/α-hetero) is 1. The summed E-state index contributed by atoms with van der Waals surface area (Å²) in [6.45, 7) is 0. The van der Waals surface area contributed by atoms with Gasteiger partial charge in [-0.2, -0.15) is 0 Å². The van der Waals surface area contributed by atoms with E-state index in [0.717, 1.165) is 19.3 Å². The summed E-state index contributed by atoms with van der Waals surface area (Å²) in [6.07, 6.45) is 5.59. The van der Waals surface area contributed by atoms with Gasteiger partial charge in [-0.05, 0) is 37.5 Å². The largest absolute Gasteiger partial charge is 0.392 e. The van der Waals surface area contributed by atoms with Crippen LogP contribution in [0.1, 0.15) is 44.9 Å². The van der Waals surface area contributed by atoms with Crippen LogP contribution < -0.4 is 0 Å². The van der Waals surface area contributed by atoms with Gasteiger partial charge in [0.15, 0.2) is 0 Å². The molecule has 104 valence electrons. The first-order chi connectivity index (χ1) is 9.16. The van der Waals surface area contributed by atoms with Gasteiger partial charge in [0.25, 0.3) is 0 Å². The highest BCUT2D eigenvalue weighted by atomic mass is 16.3. The molecule has 0 bridgehead atoms. The van der Waals surface area contributed by atoms with Crippen molar-refractivity contribution in [2.75, 3.05) is 0 Å². The molecule has 0 aliphatic heterocycles. The molecule has 0 saturated heterocycles. The Bertz CT molecular complexity index is 413. The third kappa shape index (κ3) is 2.44. The molecule has 0 aromatic carbocycles. The number of hydrogen-bond acceptors (Lipinski definition) is 3. The number of aliphatic hydroxyl groups is 2. The summed E-state index contributed by atoms with van der Waals surface area (Å²) in [5.74, 6) is 6.96. The standard InChI is InChI=1S/C16H22O3/c17-14(10-3-1-2-4-10)7-5-11-13-9-16(19)12(13)6-8-15(11)18/h10-15,17-18H,1-4,6,8-9H2/t11-,12+,13+,14-,15?/m1/s1. The van der Waals surface area contributed by atoms with E-state index in [1.165, 1.54) is 12.8 Å². The Labute approximate surface area is 114 Å². The summed E-state index contributed by atoms with van der Waals surface area (Å²) >= 11 is 0. The van der Waals surface area contributed by atoms with Gasteiger partial charge >= 0.3 is 0 Å². The minimum absolute atomic E-state index is 0.104. The molecule has 3 heteroatoms. The number of hydrogen-bond donors (Lipinski definition) is 2. The van der Waals surface area contributed by atoms with Gasteiger partial charge in [-0.1, -0.05) is 24.7 Å². The fraction of sp³-hybridized carbons (Fsp3) is 0.812. The second-order valence-electron chi connectivity index (χ2n) is 6.39. The van der Waals surface area contributed by atoms with E-state index in [1.54, 1.807) is 0 Å². The fourth-order valence-electron chi connectivity index (χ4n) is 3.95. The molecule has 0 radical (unpaired) electrons. The number of rotatable bonds is 1. The lowest BCUT2D eigenvalue weighted by Crippen LogP contribution is -2.49. The summed E-state index contributed by atoms with van der Waals surface area (Å²) in [7, 11) is 0. The predicted molar refractivity (Wildman–Crippen MR) is 71.1 cm³/mol. The molecule has 0 spiro atoms. The molecule has 3 saturated carbocycles. The van der Waals surface area contributed by atoms with Gasteiger partial charge in [0, 0.05) is 12.3 Å². The SMILES string of the molecule is O=C1C[C@@H]2[C@@H]1CCC(O)[C@@H]2C#C[C@@H](O)C1CCCC1. The first kappa shape index (κ1) is 13.1. The Hall–Kier alpha value is -0.850. The van der Waals surface area contributed by atoms with Crippen molar-refractivity contribution in [2.24, 2.45) is 23.7 Å². The van der Waals surface area contributed by atoms with Gasteiger partial charge in [0.05, 0.1) is 12.0 Å². The van der Waals surface area contributed by atoms with Crippen LogP contribution in [0, 0.1) is 35.5 Å². The van der Waals surface area contributed by atoms with Gasteiger partial charge < -0.3 is 10.2 Å². The minimum atomic E-state index is -0.550. The molecule has 3 rings (SSSR count). The van der Waals surface area contributed by atoms with Gasteiger partial charge in [0.2, 0.25) is 0 Å². The van der Waals surface area contributed by atoms with Crippen molar-refractivity contribution in [3.05, 3.63) is 0 Å². The van der Waals surface area contributed by atoms with Crippen LogP contribution in [0.25, 0.3) is 0 Å². The van der Waals surface area contributed by atoms with Crippen molar-refractivity contribution in [1.29, 1.82) is 0 Å². The maximum atomic E-state index is 11.5. The molecule has 1 unspecified atom stereocenters. The van der Waals surface area contributed by atoms with E-state index >= 15 is 0 Å². The quantitative estimate of drug-likeness (QED) is 0.704. The van der Waals surface area contributed by atoms with E-state index in [1.807, 2.05) is 0 Å². The second-order valence-corrected chi connectivity index (χ2v) is 6.39. The molecule has 0 aromatic rings. The molecular weight excluding hydrogens is 240 g/mol. The van der Waals surface area contributed by atoms with Crippen LogP contribution >= 0.6 is 0 Å². The predicted octanol–water partition coefficient (Wildman–Crippen LogP) is 1.52. The van der Waals surface area contributed by atoms with Crippen LogP contribution in [0.4, 0.5) is 0 Å². The van der Waals surface area contributed by atoms with Gasteiger partial charge in [-0.25, -0.2) is 0 Å². The van der Waals surface area contributed by atoms with E-state index in [-0.39, 0.29) is 17.8 Å². The van der Waals surface area contributed by atoms with Crippen molar-refractivity contribution in [3.63, 3.8) is 0 Å². The summed E-state index contributed by atoms with van der Waals surface area (Å²) in [6, 6.07) is 0. The monoisotopic (exact) mass is 262 g/mol. The molecule has 3 aliphatic carbocycles. The smallest absolute Gasteiger partial charge is 0.136 e. The third-order valence-electron chi connectivity index (χ3n) is 5.26. The van der Waals surface area contributed by atoms with E-state index < -0.39 is 12.2 Å². The minimum Gasteiger partial charge on any atom is -0.392 e. The zero-order valence-corrected chi connectivity index (χ0v) is 11.2. The van der Waals surface area contributed by atoms with Crippen LogP contribution in [0.3, 0.4) is 0 Å². The van der Waals surface area contributed by atoms with Gasteiger partial charge in [-0.3, -0.25) is 4.79 Å². The lowest BCUT2D eigenvalue weighted by molar-refractivity contribution is -0.141. The Morgan fingerprint density at radius 3 is 2.58 bits per heavy atom. The maximum Gasteiger partial charge on any atom is 0.136 e. The Morgan fingerprint density at radius 2 is 1.89 bits per heavy atom. The highest BCUT2D eigenvalue weighted by Gasteiger charge is 2.48. The van der Waals surface area contributed by atoms with E-state index in [4.69, 9.17) is 0 Å². The molecule has 3 aliphatic rings. The summed E-state index contributed by atoms with van der Waals surface area (Å²) < 4.78 is 0. The second kappa shape index (κ2) is 5.26. The maximum absolute atomic E-state index is 11.5. The molecule has 3 nitrogen and oxygen atoms in total. The Balaban J connectivity index is 1.66. The van der Waals surface area contributed by atoms with Crippen LogP contribution in [0.5, 0.6) is 0 Å². The molecule has 0 heterocycles. The van der Waals surface area contributed by atoms with Crippen LogP contribution in [0.15, 0.2) is 0 Å². The highest BCUT2D eigenvalue weighted by molar-refractivity contribution is 5.87. The third-order valence-corrected chi connectivity index (χ3v) is 5.26. The molecule has 5 atom stereocenters. The zero-order chi connectivity index (χ0) is 13.4. The van der Waals surface area contributed by atoms with Crippen LogP contribution in [-0.2, 0) is 4.79 Å². The van der Waals surface area contributed by atoms with Crippen molar-refractivity contribution in [1.82, 2.24) is 0 Å².